The van der Waals surface area contributed by atoms with E-state index in [9.17, 15) is 19.5 Å². The lowest BCUT2D eigenvalue weighted by atomic mass is 10.1. The Morgan fingerprint density at radius 3 is 2.39 bits per heavy atom. The van der Waals surface area contributed by atoms with Gasteiger partial charge in [-0.25, -0.2) is 4.79 Å². The number of carbonyl (C=O) groups is 3. The van der Waals surface area contributed by atoms with Gasteiger partial charge in [-0.2, -0.15) is 0 Å². The summed E-state index contributed by atoms with van der Waals surface area (Å²) in [7, 11) is 1.62. The number of rotatable bonds is 7. The first kappa shape index (κ1) is 24.5. The summed E-state index contributed by atoms with van der Waals surface area (Å²) in [4.78, 5) is 41.1. The van der Waals surface area contributed by atoms with Gasteiger partial charge in [0.15, 0.2) is 0 Å². The molecule has 9 nitrogen and oxygen atoms in total. The summed E-state index contributed by atoms with van der Waals surface area (Å²) in [6.45, 7) is 0.599. The molecular formula is C27H27N5O4. The minimum Gasteiger partial charge on any atom is -0.479 e. The maximum Gasteiger partial charge on any atom is 0.336 e. The van der Waals surface area contributed by atoms with Crippen LogP contribution in [-0.2, 0) is 22.6 Å². The molecule has 0 saturated heterocycles. The molecule has 0 spiro atoms. The van der Waals surface area contributed by atoms with Gasteiger partial charge in [0.2, 0.25) is 6.04 Å². The number of amides is 2. The van der Waals surface area contributed by atoms with Crippen molar-refractivity contribution in [2.45, 2.75) is 19.0 Å². The number of anilines is 2. The third kappa shape index (κ3) is 5.20. The Morgan fingerprint density at radius 2 is 1.75 bits per heavy atom. The SMILES string of the molecule is CN(C(=O)c1ccc2c(c1)NC(C(=O)O)C(=O)N(CCc1ccccc1)C2)c1ccc(C(=N)N)cc1. The van der Waals surface area contributed by atoms with Crippen LogP contribution in [0, 0.1) is 5.41 Å². The van der Waals surface area contributed by atoms with Crippen molar-refractivity contribution in [3.8, 4) is 0 Å². The smallest absolute Gasteiger partial charge is 0.336 e. The number of aliphatic carboxylic acids is 1. The fourth-order valence-electron chi connectivity index (χ4n) is 4.11. The molecule has 0 aromatic heterocycles. The molecule has 0 fully saturated rings. The molecular weight excluding hydrogens is 458 g/mol. The minimum atomic E-state index is -1.45. The number of hydrogen-bond donors (Lipinski definition) is 4. The van der Waals surface area contributed by atoms with Gasteiger partial charge in [0.05, 0.1) is 0 Å². The van der Waals surface area contributed by atoms with Crippen molar-refractivity contribution in [2.24, 2.45) is 5.73 Å². The van der Waals surface area contributed by atoms with E-state index in [0.29, 0.717) is 35.5 Å². The molecule has 1 aliphatic rings. The quantitative estimate of drug-likeness (QED) is 0.230. The van der Waals surface area contributed by atoms with E-state index in [1.54, 1.807) is 49.5 Å². The van der Waals surface area contributed by atoms with Crippen LogP contribution >= 0.6 is 0 Å². The van der Waals surface area contributed by atoms with Gasteiger partial charge in [0, 0.05) is 42.6 Å². The number of nitrogens with two attached hydrogens (primary N) is 1. The fraction of sp³-hybridized carbons (Fsp3) is 0.185. The number of carboxylic acids is 1. The molecule has 36 heavy (non-hydrogen) atoms. The minimum absolute atomic E-state index is 0.0623. The summed E-state index contributed by atoms with van der Waals surface area (Å²) in [6.07, 6.45) is 0.595. The standard InChI is InChI=1S/C27H27N5O4/c1-31(21-11-9-18(10-12-21)24(28)29)25(33)19-7-8-20-16-32(14-13-17-5-3-2-4-6-17)26(34)23(27(35)36)30-22(20)15-19/h2-12,15,23,30H,13-14,16H2,1H3,(H3,28,29)(H,35,36). The second-order valence-corrected chi connectivity index (χ2v) is 8.61. The number of hydrogen-bond acceptors (Lipinski definition) is 5. The topological polar surface area (TPSA) is 140 Å². The maximum absolute atomic E-state index is 13.2. The van der Waals surface area contributed by atoms with Crippen molar-refractivity contribution in [1.29, 1.82) is 5.41 Å². The summed E-state index contributed by atoms with van der Waals surface area (Å²) in [5.41, 5.74) is 9.21. The summed E-state index contributed by atoms with van der Waals surface area (Å²) >= 11 is 0. The molecule has 0 radical (unpaired) electrons. The molecule has 5 N–H and O–H groups in total. The van der Waals surface area contributed by atoms with E-state index in [2.05, 4.69) is 5.32 Å². The summed E-state index contributed by atoms with van der Waals surface area (Å²) < 4.78 is 0. The molecule has 184 valence electrons. The first-order chi connectivity index (χ1) is 17.2. The fourth-order valence-corrected chi connectivity index (χ4v) is 4.11. The number of nitrogens with zero attached hydrogens (tertiary/aromatic N) is 2. The summed E-state index contributed by atoms with van der Waals surface area (Å²) in [5, 5.41) is 20.1. The number of carbonyl (C=O) groups excluding carboxylic acids is 2. The highest BCUT2D eigenvalue weighted by atomic mass is 16.4. The van der Waals surface area contributed by atoms with Crippen LogP contribution in [-0.4, -0.2) is 53.3 Å². The maximum atomic E-state index is 13.2. The highest BCUT2D eigenvalue weighted by Gasteiger charge is 2.34. The van der Waals surface area contributed by atoms with Crippen LogP contribution < -0.4 is 16.0 Å². The molecule has 1 unspecified atom stereocenters. The molecule has 3 aromatic carbocycles. The van der Waals surface area contributed by atoms with Gasteiger partial charge in [-0.3, -0.25) is 15.0 Å². The molecule has 9 heteroatoms. The lowest BCUT2D eigenvalue weighted by Gasteiger charge is -2.22. The zero-order chi connectivity index (χ0) is 25.8. The van der Waals surface area contributed by atoms with Crippen LogP contribution in [0.15, 0.2) is 72.8 Å². The van der Waals surface area contributed by atoms with Crippen molar-refractivity contribution < 1.29 is 19.5 Å². The third-order valence-electron chi connectivity index (χ3n) is 6.21. The second-order valence-electron chi connectivity index (χ2n) is 8.61. The van der Waals surface area contributed by atoms with Crippen LogP contribution in [0.3, 0.4) is 0 Å². The van der Waals surface area contributed by atoms with Crippen molar-refractivity contribution in [3.63, 3.8) is 0 Å². The molecule has 0 saturated carbocycles. The normalized spacial score (nSPS) is 14.9. The molecule has 0 aliphatic carbocycles. The van der Waals surface area contributed by atoms with Crippen LogP contribution in [0.25, 0.3) is 0 Å². The van der Waals surface area contributed by atoms with E-state index < -0.39 is 17.9 Å². The molecule has 0 bridgehead atoms. The van der Waals surface area contributed by atoms with E-state index in [-0.39, 0.29) is 18.3 Å². The highest BCUT2D eigenvalue weighted by Crippen LogP contribution is 2.26. The van der Waals surface area contributed by atoms with E-state index >= 15 is 0 Å². The van der Waals surface area contributed by atoms with Crippen LogP contribution in [0.2, 0.25) is 0 Å². The van der Waals surface area contributed by atoms with Gasteiger partial charge in [-0.05, 0) is 53.9 Å². The van der Waals surface area contributed by atoms with E-state index in [0.717, 1.165) is 11.1 Å². The number of nitrogen functional groups attached to an aromatic ring is 1. The average molecular weight is 486 g/mol. The lowest BCUT2D eigenvalue weighted by molar-refractivity contribution is -0.145. The first-order valence-corrected chi connectivity index (χ1v) is 11.4. The Labute approximate surface area is 208 Å². The van der Waals surface area contributed by atoms with Gasteiger partial charge in [-0.1, -0.05) is 36.4 Å². The Bertz CT molecular complexity index is 1310. The van der Waals surface area contributed by atoms with Crippen LogP contribution in [0.5, 0.6) is 0 Å². The van der Waals surface area contributed by atoms with Gasteiger partial charge in [0.1, 0.15) is 5.84 Å². The Morgan fingerprint density at radius 1 is 1.08 bits per heavy atom. The zero-order valence-electron chi connectivity index (χ0n) is 19.8. The van der Waals surface area contributed by atoms with E-state index in [4.69, 9.17) is 11.1 Å². The third-order valence-corrected chi connectivity index (χ3v) is 6.21. The Balaban J connectivity index is 1.57. The largest absolute Gasteiger partial charge is 0.479 e. The van der Waals surface area contributed by atoms with E-state index in [1.165, 1.54) is 9.80 Å². The van der Waals surface area contributed by atoms with Crippen molar-refractivity contribution in [3.05, 3.63) is 95.1 Å². The predicted molar refractivity (Wildman–Crippen MR) is 137 cm³/mol. The molecule has 3 aromatic rings. The lowest BCUT2D eigenvalue weighted by Crippen LogP contribution is -2.45. The van der Waals surface area contributed by atoms with Gasteiger partial charge >= 0.3 is 5.97 Å². The van der Waals surface area contributed by atoms with Gasteiger partial charge < -0.3 is 26.0 Å². The number of carboxylic acid groups (broad SMARTS) is 1. The van der Waals surface area contributed by atoms with Gasteiger partial charge in [-0.15, -0.1) is 0 Å². The van der Waals surface area contributed by atoms with Crippen molar-refractivity contribution in [1.82, 2.24) is 4.90 Å². The number of nitrogens with one attached hydrogen (secondary N) is 2. The molecule has 1 atom stereocenters. The Hall–Kier alpha value is -4.66. The molecule has 1 aliphatic heterocycles. The summed E-state index contributed by atoms with van der Waals surface area (Å²) in [6, 6.07) is 19.9. The Kier molecular flexibility index (Phi) is 7.00. The first-order valence-electron chi connectivity index (χ1n) is 11.4. The van der Waals surface area contributed by atoms with Crippen molar-refractivity contribution >= 4 is 35.0 Å². The molecule has 2 amide bonds. The average Bonchev–Trinajstić information content (AvgIpc) is 3.03. The van der Waals surface area contributed by atoms with Crippen LogP contribution in [0.4, 0.5) is 11.4 Å². The zero-order valence-corrected chi connectivity index (χ0v) is 19.8. The van der Waals surface area contributed by atoms with Gasteiger partial charge in [0.25, 0.3) is 11.8 Å². The molecule has 4 rings (SSSR count). The van der Waals surface area contributed by atoms with Crippen molar-refractivity contribution in [2.75, 3.05) is 23.8 Å². The second kappa shape index (κ2) is 10.3. The monoisotopic (exact) mass is 485 g/mol. The number of fused-ring (bicyclic) bond motifs is 1. The predicted octanol–water partition coefficient (Wildman–Crippen LogP) is 2.70. The summed E-state index contributed by atoms with van der Waals surface area (Å²) in [5.74, 6) is -2.17. The van der Waals surface area contributed by atoms with E-state index in [1.807, 2.05) is 30.3 Å². The molecule has 1 heterocycles. The highest BCUT2D eigenvalue weighted by molar-refractivity contribution is 6.08. The van der Waals surface area contributed by atoms with Crippen LogP contribution in [0.1, 0.15) is 27.0 Å². The number of amidine groups is 1. The number of benzene rings is 3.